The van der Waals surface area contributed by atoms with E-state index in [4.69, 9.17) is 9.47 Å². The summed E-state index contributed by atoms with van der Waals surface area (Å²) in [5, 5.41) is 10.5. The number of thiophene rings is 2. The minimum absolute atomic E-state index is 0.236. The fourth-order valence-electron chi connectivity index (χ4n) is 16.9. The van der Waals surface area contributed by atoms with E-state index in [1.165, 1.54) is 438 Å². The van der Waals surface area contributed by atoms with Crippen LogP contribution in [-0.2, 0) is 20.7 Å². The maximum atomic E-state index is 7.23. The maximum absolute atomic E-state index is 7.23. The molecule has 0 fully saturated rings. The highest BCUT2D eigenvalue weighted by atomic mass is 32.1. The lowest BCUT2D eigenvalue weighted by molar-refractivity contribution is -0.0602. The zero-order valence-electron chi connectivity index (χ0n) is 66.1. The Morgan fingerprint density at radius 1 is 0.224 bits per heavy atom. The van der Waals surface area contributed by atoms with Gasteiger partial charge >= 0.3 is 0 Å². The number of fused-ring (bicyclic) bond motifs is 2. The Kier molecular flexibility index (Phi) is 51.2. The molecule has 5 rings (SSSR count). The molecular formula is C94H160O2S2. The number of unbranched alkanes of at least 4 members (excludes halogenated alkanes) is 56. The second-order valence-electron chi connectivity index (χ2n) is 31.5. The van der Waals surface area contributed by atoms with Gasteiger partial charge in [0, 0.05) is 34.1 Å². The average Bonchev–Trinajstić information content (AvgIpc) is 1.02. The van der Waals surface area contributed by atoms with E-state index in [1.54, 1.807) is 0 Å². The van der Waals surface area contributed by atoms with Crippen LogP contribution in [0, 0.1) is 20.9 Å². The third-order valence-electron chi connectivity index (χ3n) is 23.0. The molecule has 4 aromatic rings. The summed E-state index contributed by atoms with van der Waals surface area (Å²) >= 11 is 3.90. The number of benzene rings is 2. The summed E-state index contributed by atoms with van der Waals surface area (Å²) in [5.74, 6) is 0. The summed E-state index contributed by atoms with van der Waals surface area (Å²) in [7, 11) is 0. The fraction of sp³-hybridized carbons (Fsp3) is 0.787. The summed E-state index contributed by atoms with van der Waals surface area (Å²) in [6, 6.07) is 19.9. The Morgan fingerprint density at radius 2 is 0.418 bits per heavy atom. The molecule has 98 heavy (non-hydrogen) atoms. The van der Waals surface area contributed by atoms with E-state index < -0.39 is 0 Å². The van der Waals surface area contributed by atoms with Gasteiger partial charge in [0.15, 0.2) is 0 Å². The van der Waals surface area contributed by atoms with Gasteiger partial charge in [-0.15, -0.1) is 22.7 Å². The van der Waals surface area contributed by atoms with Gasteiger partial charge in [-0.25, -0.2) is 0 Å². The predicted molar refractivity (Wildman–Crippen MR) is 440 cm³/mol. The summed E-state index contributed by atoms with van der Waals surface area (Å²) in [5.41, 5.74) is 5.21. The van der Waals surface area contributed by atoms with Crippen LogP contribution in [-0.4, -0.2) is 13.2 Å². The van der Waals surface area contributed by atoms with Gasteiger partial charge < -0.3 is 9.47 Å². The molecule has 0 saturated carbocycles. The highest BCUT2D eigenvalue weighted by Gasteiger charge is 2.37. The Morgan fingerprint density at radius 3 is 0.612 bits per heavy atom. The van der Waals surface area contributed by atoms with Crippen molar-refractivity contribution in [2.45, 2.75) is 464 Å². The Labute approximate surface area is 617 Å². The lowest BCUT2D eigenvalue weighted by Gasteiger charge is -2.35. The first-order valence-corrected chi connectivity index (χ1v) is 46.0. The van der Waals surface area contributed by atoms with E-state index in [0.29, 0.717) is 0 Å². The molecule has 0 N–H and O–H groups in total. The topological polar surface area (TPSA) is 18.5 Å². The smallest absolute Gasteiger partial charge is 0.0945 e. The molecule has 0 unspecified atom stereocenters. The minimum atomic E-state index is -0.236. The van der Waals surface area contributed by atoms with Crippen LogP contribution < -0.4 is 0 Å². The summed E-state index contributed by atoms with van der Waals surface area (Å²) in [4.78, 5) is 2.87. The number of rotatable bonds is 72. The van der Waals surface area contributed by atoms with E-state index in [2.05, 4.69) is 101 Å². The highest BCUT2D eigenvalue weighted by molar-refractivity contribution is 7.14. The van der Waals surface area contributed by atoms with Gasteiger partial charge in [0.25, 0.3) is 0 Å². The molecule has 1 aliphatic rings. The van der Waals surface area contributed by atoms with Crippen molar-refractivity contribution in [3.05, 3.63) is 91.3 Å². The standard InChI is InChI=1S/C94H160O2S2/c1-7-13-17-21-25-29-33-37-41-45-49-53-57-61-65-75-93(95-11-5,76-66-62-58-54-50-46-42-38-34-30-26-22-18-14-8-2)89-73-79-97-91(89)83-69-71-85-87(81-83)86-72-70-84(82-88(85)86)92-90(74-80-98-92)94(96-12-6,77-67-63-59-55-51-47-43-39-35-31-27-23-19-15-9-3)78-68-64-60-56-52-48-44-40-36-32-28-24-20-16-10-4/h69-74,79-82H,7-68,75-78H2,1-6H3. The van der Waals surface area contributed by atoms with E-state index >= 15 is 0 Å². The van der Waals surface area contributed by atoms with E-state index in [1.807, 2.05) is 22.7 Å². The molecule has 0 bridgehead atoms. The average molecular weight is 1390 g/mol. The van der Waals surface area contributed by atoms with Gasteiger partial charge in [-0.1, -0.05) is 437 Å². The van der Waals surface area contributed by atoms with Gasteiger partial charge in [0.2, 0.25) is 0 Å². The number of hydrogen-bond acceptors (Lipinski definition) is 4. The van der Waals surface area contributed by atoms with E-state index in [9.17, 15) is 0 Å². The lowest BCUT2D eigenvalue weighted by Crippen LogP contribution is -2.30. The highest BCUT2D eigenvalue weighted by Crippen LogP contribution is 2.47. The van der Waals surface area contributed by atoms with Crippen molar-refractivity contribution in [3.8, 4) is 20.9 Å². The van der Waals surface area contributed by atoms with Crippen LogP contribution in [0.1, 0.15) is 464 Å². The molecule has 0 spiro atoms. The largest absolute Gasteiger partial charge is 0.371 e. The van der Waals surface area contributed by atoms with E-state index in [0.717, 1.165) is 38.9 Å². The SMILES string of the molecule is CCCCCCCCCCCCCCCCCC(CCCCCCCCCCCCCCCCC)(OCC)c1ccsc1-c1ccc2c(c1)=c1ccc(-c3sccc3C(CCCCCCCCCCCCCCCCC)(CCCCCCCCCCCCCCCCC)OCC)cc1=2. The number of ether oxygens (including phenoxy) is 2. The molecule has 0 atom stereocenters. The molecule has 1 aliphatic carbocycles. The van der Waals surface area contributed by atoms with Crippen molar-refractivity contribution in [3.63, 3.8) is 0 Å². The van der Waals surface area contributed by atoms with Gasteiger partial charge in [-0.2, -0.15) is 0 Å². The van der Waals surface area contributed by atoms with Gasteiger partial charge in [0.1, 0.15) is 0 Å². The molecule has 0 saturated heterocycles. The van der Waals surface area contributed by atoms with Gasteiger partial charge in [-0.05, 0) is 107 Å². The van der Waals surface area contributed by atoms with Crippen molar-refractivity contribution in [1.82, 2.24) is 0 Å². The summed E-state index contributed by atoms with van der Waals surface area (Å²) < 4.78 is 14.5. The van der Waals surface area contributed by atoms with Crippen molar-refractivity contribution in [1.29, 1.82) is 0 Å². The number of hydrogen-bond donors (Lipinski definition) is 0. The molecule has 560 valence electrons. The monoisotopic (exact) mass is 1390 g/mol. The molecule has 2 aromatic heterocycles. The van der Waals surface area contributed by atoms with Crippen molar-refractivity contribution < 1.29 is 9.47 Å². The van der Waals surface area contributed by atoms with Crippen molar-refractivity contribution in [2.24, 2.45) is 0 Å². The van der Waals surface area contributed by atoms with Crippen LogP contribution in [0.4, 0.5) is 0 Å². The van der Waals surface area contributed by atoms with Gasteiger partial charge in [-0.3, -0.25) is 0 Å². The Bertz CT molecular complexity index is 2380. The molecule has 2 aromatic carbocycles. The van der Waals surface area contributed by atoms with Crippen LogP contribution in [0.25, 0.3) is 20.9 Å². The fourth-order valence-corrected chi connectivity index (χ4v) is 18.9. The maximum Gasteiger partial charge on any atom is 0.0945 e. The normalized spacial score (nSPS) is 12.3. The van der Waals surface area contributed by atoms with Crippen LogP contribution in [0.15, 0.2) is 59.3 Å². The van der Waals surface area contributed by atoms with E-state index in [-0.39, 0.29) is 11.2 Å². The first-order chi connectivity index (χ1) is 48.5. The second kappa shape index (κ2) is 58.1. The zero-order valence-corrected chi connectivity index (χ0v) is 67.7. The third-order valence-corrected chi connectivity index (χ3v) is 25.0. The van der Waals surface area contributed by atoms with Crippen LogP contribution in [0.5, 0.6) is 0 Å². The van der Waals surface area contributed by atoms with Crippen molar-refractivity contribution in [2.75, 3.05) is 13.2 Å². The summed E-state index contributed by atoms with van der Waals surface area (Å²) in [6.07, 6.45) is 88.7. The quantitative estimate of drug-likeness (QED) is 0.0361. The molecule has 4 heteroatoms. The third kappa shape index (κ3) is 35.0. The first kappa shape index (κ1) is 86.4. The predicted octanol–water partition coefficient (Wildman–Crippen LogP) is 33.5. The zero-order chi connectivity index (χ0) is 69.3. The summed E-state index contributed by atoms with van der Waals surface area (Å²) in [6.45, 7) is 15.3. The molecule has 2 heterocycles. The van der Waals surface area contributed by atoms with Crippen LogP contribution in [0.3, 0.4) is 0 Å². The molecular weight excluding hydrogens is 1230 g/mol. The Balaban J connectivity index is 1.25. The minimum Gasteiger partial charge on any atom is -0.371 e. The lowest BCUT2D eigenvalue weighted by atomic mass is 9.81. The first-order valence-electron chi connectivity index (χ1n) is 44.2. The van der Waals surface area contributed by atoms with Gasteiger partial charge in [0.05, 0.1) is 11.2 Å². The molecule has 0 amide bonds. The second-order valence-corrected chi connectivity index (χ2v) is 33.3. The van der Waals surface area contributed by atoms with Crippen LogP contribution >= 0.6 is 22.7 Å². The molecule has 0 radical (unpaired) electrons. The Hall–Kier alpha value is -2.24. The van der Waals surface area contributed by atoms with Crippen molar-refractivity contribution >= 4 is 22.7 Å². The van der Waals surface area contributed by atoms with Crippen LogP contribution in [0.2, 0.25) is 0 Å². The molecule has 0 aliphatic heterocycles. The molecule has 2 nitrogen and oxygen atoms in total.